The van der Waals surface area contributed by atoms with Crippen molar-refractivity contribution in [3.63, 3.8) is 0 Å². The average molecular weight is 221 g/mol. The Morgan fingerprint density at radius 2 is 1.94 bits per heavy atom. The van der Waals surface area contributed by atoms with Crippen LogP contribution in [0.2, 0.25) is 0 Å². The molecule has 0 bridgehead atoms. The molecule has 1 aliphatic carbocycles. The Morgan fingerprint density at radius 3 is 2.44 bits per heavy atom. The summed E-state index contributed by atoms with van der Waals surface area (Å²) in [5, 5.41) is 9.86. The van der Waals surface area contributed by atoms with Gasteiger partial charge in [-0.1, -0.05) is 0 Å². The minimum atomic E-state index is -0.188. The molecule has 0 aliphatic heterocycles. The van der Waals surface area contributed by atoms with E-state index in [-0.39, 0.29) is 12.1 Å². The van der Waals surface area contributed by atoms with E-state index in [4.69, 9.17) is 4.74 Å². The van der Waals surface area contributed by atoms with Crippen molar-refractivity contribution in [3.8, 4) is 5.75 Å². The van der Waals surface area contributed by atoms with Crippen molar-refractivity contribution in [2.45, 2.75) is 31.4 Å². The molecule has 1 aliphatic rings. The van der Waals surface area contributed by atoms with Gasteiger partial charge in [-0.25, -0.2) is 0 Å². The van der Waals surface area contributed by atoms with Crippen LogP contribution in [0.3, 0.4) is 0 Å². The maximum atomic E-state index is 9.86. The van der Waals surface area contributed by atoms with Crippen LogP contribution in [0.25, 0.3) is 0 Å². The molecular formula is C13H19NO2. The monoisotopic (exact) mass is 221 g/mol. The van der Waals surface area contributed by atoms with Crippen LogP contribution < -0.4 is 9.64 Å². The first-order valence-electron chi connectivity index (χ1n) is 5.77. The van der Waals surface area contributed by atoms with E-state index in [9.17, 15) is 5.11 Å². The summed E-state index contributed by atoms with van der Waals surface area (Å²) >= 11 is 0. The van der Waals surface area contributed by atoms with Crippen molar-refractivity contribution in [3.05, 3.63) is 24.3 Å². The highest BCUT2D eigenvalue weighted by atomic mass is 16.5. The lowest BCUT2D eigenvalue weighted by Crippen LogP contribution is -2.37. The summed E-state index contributed by atoms with van der Waals surface area (Å²) in [6.07, 6.45) is 2.92. The quantitative estimate of drug-likeness (QED) is 0.848. The topological polar surface area (TPSA) is 32.7 Å². The summed E-state index contributed by atoms with van der Waals surface area (Å²) in [7, 11) is 3.71. The summed E-state index contributed by atoms with van der Waals surface area (Å²) in [5.74, 6) is 0.865. The third kappa shape index (κ3) is 2.14. The summed E-state index contributed by atoms with van der Waals surface area (Å²) in [5.41, 5.74) is 1.13. The van der Waals surface area contributed by atoms with Gasteiger partial charge in [-0.2, -0.15) is 0 Å². The summed E-state index contributed by atoms with van der Waals surface area (Å²) in [6, 6.07) is 8.22. The third-order valence-corrected chi connectivity index (χ3v) is 3.42. The van der Waals surface area contributed by atoms with Crippen LogP contribution in [0.1, 0.15) is 19.3 Å². The van der Waals surface area contributed by atoms with Gasteiger partial charge in [0.15, 0.2) is 0 Å². The van der Waals surface area contributed by atoms with Crippen LogP contribution in [-0.4, -0.2) is 31.4 Å². The van der Waals surface area contributed by atoms with Crippen LogP contribution in [0.5, 0.6) is 5.75 Å². The molecule has 0 unspecified atom stereocenters. The second-order valence-corrected chi connectivity index (χ2v) is 4.37. The normalized spacial score (nSPS) is 24.4. The first kappa shape index (κ1) is 11.3. The number of aliphatic hydroxyl groups excluding tert-OH is 1. The molecule has 88 valence electrons. The van der Waals surface area contributed by atoms with E-state index in [0.29, 0.717) is 0 Å². The van der Waals surface area contributed by atoms with Crippen LogP contribution in [-0.2, 0) is 0 Å². The number of likely N-dealkylation sites (N-methyl/N-ethyl adjacent to an activating group) is 1. The number of aliphatic hydroxyl groups is 1. The van der Waals surface area contributed by atoms with E-state index in [0.717, 1.165) is 30.7 Å². The lowest BCUT2D eigenvalue weighted by molar-refractivity contribution is 0.163. The fourth-order valence-corrected chi connectivity index (χ4v) is 2.38. The zero-order valence-corrected chi connectivity index (χ0v) is 9.89. The molecule has 1 aromatic rings. The van der Waals surface area contributed by atoms with E-state index in [1.54, 1.807) is 7.11 Å². The van der Waals surface area contributed by atoms with Crippen molar-refractivity contribution < 1.29 is 9.84 Å². The molecule has 16 heavy (non-hydrogen) atoms. The number of rotatable bonds is 3. The Balaban J connectivity index is 2.10. The summed E-state index contributed by atoms with van der Waals surface area (Å²) < 4.78 is 5.13. The molecule has 0 saturated heterocycles. The van der Waals surface area contributed by atoms with Crippen LogP contribution >= 0.6 is 0 Å². The molecule has 3 heteroatoms. The zero-order chi connectivity index (χ0) is 11.5. The number of hydrogen-bond donors (Lipinski definition) is 1. The Morgan fingerprint density at radius 1 is 1.25 bits per heavy atom. The van der Waals surface area contributed by atoms with Gasteiger partial charge in [0.2, 0.25) is 0 Å². The summed E-state index contributed by atoms with van der Waals surface area (Å²) in [6.45, 7) is 0. The second kappa shape index (κ2) is 4.74. The molecule has 2 rings (SSSR count). The van der Waals surface area contributed by atoms with Crippen molar-refractivity contribution in [1.82, 2.24) is 0 Å². The van der Waals surface area contributed by atoms with Crippen molar-refractivity contribution in [1.29, 1.82) is 0 Å². The number of methoxy groups -OCH3 is 1. The van der Waals surface area contributed by atoms with Gasteiger partial charge in [-0.3, -0.25) is 0 Å². The molecule has 0 aromatic heterocycles. The minimum Gasteiger partial charge on any atom is -0.497 e. The van der Waals surface area contributed by atoms with Gasteiger partial charge in [0, 0.05) is 12.7 Å². The highest BCUT2D eigenvalue weighted by Crippen LogP contribution is 2.28. The van der Waals surface area contributed by atoms with E-state index in [1.165, 1.54) is 0 Å². The third-order valence-electron chi connectivity index (χ3n) is 3.42. The van der Waals surface area contributed by atoms with Gasteiger partial charge < -0.3 is 14.7 Å². The predicted molar refractivity (Wildman–Crippen MR) is 65.0 cm³/mol. The number of hydrogen-bond acceptors (Lipinski definition) is 3. The van der Waals surface area contributed by atoms with E-state index in [2.05, 4.69) is 4.90 Å². The standard InChI is InChI=1S/C13H19NO2/c1-14(12-4-3-5-13(12)15)10-6-8-11(16-2)9-7-10/h6-9,12-13,15H,3-5H2,1-2H3/t12-,13-/m0/s1. The van der Waals surface area contributed by atoms with E-state index >= 15 is 0 Å². The first-order valence-corrected chi connectivity index (χ1v) is 5.77. The number of benzene rings is 1. The number of ether oxygens (including phenoxy) is 1. The van der Waals surface area contributed by atoms with Crippen LogP contribution in [0.15, 0.2) is 24.3 Å². The molecule has 3 nitrogen and oxygen atoms in total. The molecule has 0 amide bonds. The highest BCUT2D eigenvalue weighted by Gasteiger charge is 2.28. The van der Waals surface area contributed by atoms with Gasteiger partial charge in [-0.05, 0) is 43.5 Å². The molecular weight excluding hydrogens is 202 g/mol. The van der Waals surface area contributed by atoms with Gasteiger partial charge in [0.1, 0.15) is 5.75 Å². The Hall–Kier alpha value is -1.22. The van der Waals surface area contributed by atoms with Gasteiger partial charge in [-0.15, -0.1) is 0 Å². The molecule has 1 saturated carbocycles. The lowest BCUT2D eigenvalue weighted by atomic mass is 10.1. The van der Waals surface area contributed by atoms with Crippen LogP contribution in [0.4, 0.5) is 5.69 Å². The molecule has 2 atom stereocenters. The molecule has 1 N–H and O–H groups in total. The van der Waals surface area contributed by atoms with Gasteiger partial charge in [0.25, 0.3) is 0 Å². The molecule has 0 radical (unpaired) electrons. The minimum absolute atomic E-state index is 0.188. The number of nitrogens with zero attached hydrogens (tertiary/aromatic N) is 1. The Bertz CT molecular complexity index is 336. The Kier molecular flexibility index (Phi) is 3.34. The number of anilines is 1. The van der Waals surface area contributed by atoms with E-state index < -0.39 is 0 Å². The molecule has 1 fully saturated rings. The lowest BCUT2D eigenvalue weighted by Gasteiger charge is -2.29. The fourth-order valence-electron chi connectivity index (χ4n) is 2.38. The Labute approximate surface area is 96.6 Å². The molecule has 1 aromatic carbocycles. The van der Waals surface area contributed by atoms with Gasteiger partial charge in [0.05, 0.1) is 19.3 Å². The molecule has 0 spiro atoms. The fraction of sp³-hybridized carbons (Fsp3) is 0.538. The zero-order valence-electron chi connectivity index (χ0n) is 9.89. The highest BCUT2D eigenvalue weighted by molar-refractivity contribution is 5.49. The summed E-state index contributed by atoms with van der Waals surface area (Å²) in [4.78, 5) is 2.16. The average Bonchev–Trinajstić information content (AvgIpc) is 2.75. The predicted octanol–water partition coefficient (Wildman–Crippen LogP) is 2.04. The van der Waals surface area contributed by atoms with Crippen molar-refractivity contribution in [2.24, 2.45) is 0 Å². The second-order valence-electron chi connectivity index (χ2n) is 4.37. The molecule has 0 heterocycles. The SMILES string of the molecule is COc1ccc(N(C)[C@H]2CCC[C@@H]2O)cc1. The van der Waals surface area contributed by atoms with Crippen molar-refractivity contribution >= 4 is 5.69 Å². The maximum absolute atomic E-state index is 9.86. The smallest absolute Gasteiger partial charge is 0.119 e. The van der Waals surface area contributed by atoms with Crippen LogP contribution in [0, 0.1) is 0 Å². The van der Waals surface area contributed by atoms with E-state index in [1.807, 2.05) is 31.3 Å². The first-order chi connectivity index (χ1) is 7.72. The van der Waals surface area contributed by atoms with Gasteiger partial charge >= 0.3 is 0 Å². The largest absolute Gasteiger partial charge is 0.497 e. The van der Waals surface area contributed by atoms with Crippen molar-refractivity contribution in [2.75, 3.05) is 19.1 Å². The maximum Gasteiger partial charge on any atom is 0.119 e.